The van der Waals surface area contributed by atoms with Gasteiger partial charge in [0.15, 0.2) is 10.4 Å². The van der Waals surface area contributed by atoms with Gasteiger partial charge in [0.1, 0.15) is 6.04 Å². The summed E-state index contributed by atoms with van der Waals surface area (Å²) in [4.78, 5) is 36.6. The predicted molar refractivity (Wildman–Crippen MR) is 72.9 cm³/mol. The molecule has 108 valence electrons. The van der Waals surface area contributed by atoms with E-state index in [9.17, 15) is 14.4 Å². The Morgan fingerprint density at radius 3 is 2.95 bits per heavy atom. The van der Waals surface area contributed by atoms with Gasteiger partial charge in [0, 0.05) is 13.1 Å². The van der Waals surface area contributed by atoms with E-state index in [4.69, 9.17) is 4.42 Å². The molecule has 0 bridgehead atoms. The lowest BCUT2D eigenvalue weighted by molar-refractivity contribution is -0.141. The minimum absolute atomic E-state index is 0.120. The maximum absolute atomic E-state index is 12.0. The van der Waals surface area contributed by atoms with Gasteiger partial charge in [0.2, 0.25) is 11.8 Å². The Kier molecular flexibility index (Phi) is 4.43. The van der Waals surface area contributed by atoms with Gasteiger partial charge in [-0.1, -0.05) is 0 Å². The van der Waals surface area contributed by atoms with Crippen molar-refractivity contribution in [2.24, 2.45) is 0 Å². The average Bonchev–Trinajstić information content (AvgIpc) is 2.85. The summed E-state index contributed by atoms with van der Waals surface area (Å²) in [7, 11) is 0. The first-order chi connectivity index (χ1) is 9.49. The van der Waals surface area contributed by atoms with E-state index in [0.29, 0.717) is 17.8 Å². The first-order valence-corrected chi connectivity index (χ1v) is 6.89. The van der Waals surface area contributed by atoms with Gasteiger partial charge in [0.25, 0.3) is 5.91 Å². The number of rotatable bonds is 3. The van der Waals surface area contributed by atoms with Gasteiger partial charge in [-0.05, 0) is 35.0 Å². The Bertz CT molecular complexity index is 543. The van der Waals surface area contributed by atoms with Crippen molar-refractivity contribution < 1.29 is 18.8 Å². The van der Waals surface area contributed by atoms with Gasteiger partial charge < -0.3 is 20.0 Å². The fourth-order valence-corrected chi connectivity index (χ4v) is 2.21. The molecule has 1 fully saturated rings. The molecule has 7 nitrogen and oxygen atoms in total. The number of nitrogens with one attached hydrogen (secondary N) is 2. The molecular formula is C12H14BrN3O4. The van der Waals surface area contributed by atoms with Crippen molar-refractivity contribution in [1.29, 1.82) is 0 Å². The van der Waals surface area contributed by atoms with E-state index in [1.165, 1.54) is 11.0 Å². The minimum Gasteiger partial charge on any atom is -0.444 e. The summed E-state index contributed by atoms with van der Waals surface area (Å²) in [5, 5.41) is 5.14. The van der Waals surface area contributed by atoms with E-state index in [1.807, 2.05) is 0 Å². The molecule has 1 unspecified atom stereocenters. The lowest BCUT2D eigenvalue weighted by Gasteiger charge is -2.32. The van der Waals surface area contributed by atoms with Gasteiger partial charge >= 0.3 is 0 Å². The molecule has 2 heterocycles. The number of hydrogen-bond acceptors (Lipinski definition) is 4. The van der Waals surface area contributed by atoms with E-state index >= 15 is 0 Å². The third-order valence-electron chi connectivity index (χ3n) is 3.02. The molecule has 1 aliphatic heterocycles. The van der Waals surface area contributed by atoms with Crippen LogP contribution in [0, 0.1) is 0 Å². The molecule has 2 rings (SSSR count). The summed E-state index contributed by atoms with van der Waals surface area (Å²) in [6.07, 6.45) is 0. The monoisotopic (exact) mass is 343 g/mol. The van der Waals surface area contributed by atoms with Crippen molar-refractivity contribution in [3.05, 3.63) is 22.6 Å². The van der Waals surface area contributed by atoms with Crippen LogP contribution in [0.1, 0.15) is 17.5 Å². The second-order valence-electron chi connectivity index (χ2n) is 4.34. The van der Waals surface area contributed by atoms with E-state index in [-0.39, 0.29) is 24.1 Å². The zero-order valence-corrected chi connectivity index (χ0v) is 12.4. The van der Waals surface area contributed by atoms with Crippen LogP contribution >= 0.6 is 15.9 Å². The number of hydrogen-bond donors (Lipinski definition) is 2. The summed E-state index contributed by atoms with van der Waals surface area (Å²) in [5.41, 5.74) is 0. The molecule has 0 aliphatic carbocycles. The molecule has 1 atom stereocenters. The van der Waals surface area contributed by atoms with Crippen molar-refractivity contribution in [3.63, 3.8) is 0 Å². The topological polar surface area (TPSA) is 91.7 Å². The Morgan fingerprint density at radius 1 is 1.55 bits per heavy atom. The summed E-state index contributed by atoms with van der Waals surface area (Å²) in [6, 6.07) is 2.57. The minimum atomic E-state index is -0.522. The number of piperazine rings is 1. The zero-order valence-electron chi connectivity index (χ0n) is 10.8. The van der Waals surface area contributed by atoms with Gasteiger partial charge in [-0.2, -0.15) is 0 Å². The number of carbonyl (C=O) groups excluding carboxylic acids is 3. The molecule has 1 saturated heterocycles. The van der Waals surface area contributed by atoms with Crippen LogP contribution in [0.4, 0.5) is 0 Å². The quantitative estimate of drug-likeness (QED) is 0.815. The SMILES string of the molecule is CC1C(=O)NCCN1C(=O)CNC(=O)c1ccc(Br)o1. The molecule has 0 saturated carbocycles. The van der Waals surface area contributed by atoms with Crippen LogP contribution in [-0.4, -0.2) is 48.3 Å². The molecule has 1 aromatic heterocycles. The third-order valence-corrected chi connectivity index (χ3v) is 3.44. The highest BCUT2D eigenvalue weighted by molar-refractivity contribution is 9.10. The summed E-state index contributed by atoms with van der Waals surface area (Å²) >= 11 is 3.09. The van der Waals surface area contributed by atoms with Crippen molar-refractivity contribution in [2.75, 3.05) is 19.6 Å². The van der Waals surface area contributed by atoms with E-state index in [2.05, 4.69) is 26.6 Å². The zero-order chi connectivity index (χ0) is 14.7. The molecule has 0 spiro atoms. The van der Waals surface area contributed by atoms with Crippen LogP contribution in [-0.2, 0) is 9.59 Å². The molecule has 8 heteroatoms. The summed E-state index contributed by atoms with van der Waals surface area (Å²) in [6.45, 7) is 2.34. The summed E-state index contributed by atoms with van der Waals surface area (Å²) < 4.78 is 5.52. The average molecular weight is 344 g/mol. The first-order valence-electron chi connectivity index (χ1n) is 6.10. The predicted octanol–water partition coefficient (Wildman–Crippen LogP) is 0.119. The van der Waals surface area contributed by atoms with Crippen LogP contribution < -0.4 is 10.6 Å². The van der Waals surface area contributed by atoms with Crippen LogP contribution in [0.15, 0.2) is 21.2 Å². The number of halogens is 1. The van der Waals surface area contributed by atoms with Crippen LogP contribution in [0.25, 0.3) is 0 Å². The second kappa shape index (κ2) is 6.08. The first kappa shape index (κ1) is 14.6. The Morgan fingerprint density at radius 2 is 2.30 bits per heavy atom. The molecule has 0 aromatic carbocycles. The maximum Gasteiger partial charge on any atom is 0.287 e. The lowest BCUT2D eigenvalue weighted by Crippen LogP contribution is -2.57. The van der Waals surface area contributed by atoms with Gasteiger partial charge in [-0.3, -0.25) is 14.4 Å². The fourth-order valence-electron chi connectivity index (χ4n) is 1.90. The maximum atomic E-state index is 12.0. The van der Waals surface area contributed by atoms with Crippen molar-refractivity contribution in [2.45, 2.75) is 13.0 Å². The highest BCUT2D eigenvalue weighted by Gasteiger charge is 2.29. The standard InChI is InChI=1S/C12H14BrN3O4/c1-7-11(18)14-4-5-16(7)10(17)6-15-12(19)8-2-3-9(13)20-8/h2-3,7H,4-6H2,1H3,(H,14,18)(H,15,19). The fraction of sp³-hybridized carbons (Fsp3) is 0.417. The molecule has 2 N–H and O–H groups in total. The van der Waals surface area contributed by atoms with Crippen LogP contribution in [0.3, 0.4) is 0 Å². The van der Waals surface area contributed by atoms with Gasteiger partial charge in [-0.15, -0.1) is 0 Å². The molecule has 20 heavy (non-hydrogen) atoms. The van der Waals surface area contributed by atoms with Crippen molar-refractivity contribution in [1.82, 2.24) is 15.5 Å². The molecule has 0 radical (unpaired) electrons. The highest BCUT2D eigenvalue weighted by Crippen LogP contribution is 2.13. The van der Waals surface area contributed by atoms with Crippen molar-refractivity contribution in [3.8, 4) is 0 Å². The lowest BCUT2D eigenvalue weighted by atomic mass is 10.2. The normalized spacial score (nSPS) is 18.6. The van der Waals surface area contributed by atoms with Gasteiger partial charge in [0.05, 0.1) is 6.54 Å². The molecule has 1 aliphatic rings. The van der Waals surface area contributed by atoms with E-state index in [0.717, 1.165) is 0 Å². The van der Waals surface area contributed by atoms with Gasteiger partial charge in [-0.25, -0.2) is 0 Å². The smallest absolute Gasteiger partial charge is 0.287 e. The number of furan rings is 1. The second-order valence-corrected chi connectivity index (χ2v) is 5.12. The van der Waals surface area contributed by atoms with Crippen LogP contribution in [0.2, 0.25) is 0 Å². The number of carbonyl (C=O) groups is 3. The third kappa shape index (κ3) is 3.19. The Balaban J connectivity index is 1.88. The van der Waals surface area contributed by atoms with E-state index < -0.39 is 11.9 Å². The number of amides is 3. The summed E-state index contributed by atoms with van der Waals surface area (Å²) in [5.74, 6) is -0.843. The van der Waals surface area contributed by atoms with E-state index in [1.54, 1.807) is 13.0 Å². The largest absolute Gasteiger partial charge is 0.444 e. The molecule has 3 amide bonds. The Hall–Kier alpha value is -1.83. The molecule has 1 aromatic rings. The van der Waals surface area contributed by atoms with Crippen LogP contribution in [0.5, 0.6) is 0 Å². The number of nitrogens with zero attached hydrogens (tertiary/aromatic N) is 1. The Labute approximate surface area is 123 Å². The van der Waals surface area contributed by atoms with Crippen molar-refractivity contribution >= 4 is 33.7 Å². The molecular weight excluding hydrogens is 330 g/mol. The highest BCUT2D eigenvalue weighted by atomic mass is 79.9.